The van der Waals surface area contributed by atoms with Crippen molar-refractivity contribution in [2.75, 3.05) is 49.2 Å². The summed E-state index contributed by atoms with van der Waals surface area (Å²) in [5.41, 5.74) is 0.519. The van der Waals surface area contributed by atoms with Gasteiger partial charge in [-0.2, -0.15) is 0 Å². The average molecular weight is 581 g/mol. The van der Waals surface area contributed by atoms with Gasteiger partial charge in [0.05, 0.1) is 42.7 Å². The first kappa shape index (κ1) is 31.2. The minimum absolute atomic E-state index is 0.0924. The van der Waals surface area contributed by atoms with Gasteiger partial charge in [-0.3, -0.25) is 20.2 Å². The van der Waals surface area contributed by atoms with E-state index < -0.39 is 11.8 Å². The molecule has 0 bridgehead atoms. The van der Waals surface area contributed by atoms with Gasteiger partial charge < -0.3 is 39.1 Å². The van der Waals surface area contributed by atoms with Crippen LogP contribution < -0.4 is 49.7 Å². The van der Waals surface area contributed by atoms with E-state index >= 15 is 0 Å². The summed E-state index contributed by atoms with van der Waals surface area (Å²) in [5, 5.41) is 11.3. The van der Waals surface area contributed by atoms with E-state index in [1.807, 2.05) is 6.92 Å². The number of carbonyl (C=O) groups is 2. The number of hydrogen-bond acceptors (Lipinski definition) is 10. The number of amides is 2. The highest BCUT2D eigenvalue weighted by atomic mass is 32.1. The summed E-state index contributed by atoms with van der Waals surface area (Å²) in [6.45, 7) is 2.10. The first-order valence-electron chi connectivity index (χ1n) is 11.4. The molecule has 1 atom stereocenters. The van der Waals surface area contributed by atoms with Crippen molar-refractivity contribution in [3.63, 3.8) is 0 Å². The zero-order valence-electron chi connectivity index (χ0n) is 22.7. The minimum Gasteiger partial charge on any atom is -0.493 e. The summed E-state index contributed by atoms with van der Waals surface area (Å²) in [4.78, 5) is 25.4. The fraction of sp³-hybridized carbons (Fsp3) is 0.360. The molecule has 0 fully saturated rings. The predicted octanol–water partition coefficient (Wildman–Crippen LogP) is 2.04. The number of ether oxygens (including phenoxy) is 6. The summed E-state index contributed by atoms with van der Waals surface area (Å²) < 4.78 is 31.7. The van der Waals surface area contributed by atoms with Gasteiger partial charge in [0.15, 0.2) is 33.2 Å². The lowest BCUT2D eigenvalue weighted by molar-refractivity contribution is 0.0967. The maximum atomic E-state index is 12.7. The number of benzene rings is 2. The van der Waals surface area contributed by atoms with Crippen molar-refractivity contribution in [1.82, 2.24) is 21.3 Å². The smallest absolute Gasteiger partial charge is 0.257 e. The molecule has 0 heterocycles. The first-order chi connectivity index (χ1) is 18.6. The van der Waals surface area contributed by atoms with Gasteiger partial charge >= 0.3 is 0 Å². The Morgan fingerprint density at radius 1 is 0.667 bits per heavy atom. The predicted molar refractivity (Wildman–Crippen MR) is 153 cm³/mol. The van der Waals surface area contributed by atoms with E-state index in [0.29, 0.717) is 34.5 Å². The van der Waals surface area contributed by atoms with Gasteiger partial charge in [-0.05, 0) is 55.6 Å². The molecule has 0 saturated heterocycles. The maximum absolute atomic E-state index is 12.7. The Labute approximate surface area is 237 Å². The van der Waals surface area contributed by atoms with E-state index in [2.05, 4.69) is 21.3 Å². The third kappa shape index (κ3) is 8.22. The van der Waals surface area contributed by atoms with Crippen LogP contribution in [0.3, 0.4) is 0 Å². The van der Waals surface area contributed by atoms with Gasteiger partial charge in [-0.15, -0.1) is 0 Å². The fourth-order valence-corrected chi connectivity index (χ4v) is 3.85. The Morgan fingerprint density at radius 2 is 1.03 bits per heavy atom. The van der Waals surface area contributed by atoms with Crippen LogP contribution in [-0.2, 0) is 0 Å². The molecule has 4 N–H and O–H groups in total. The molecule has 2 aromatic rings. The van der Waals surface area contributed by atoms with E-state index in [1.165, 1.54) is 66.9 Å². The van der Waals surface area contributed by atoms with Crippen molar-refractivity contribution < 1.29 is 38.0 Å². The lowest BCUT2D eigenvalue weighted by atomic mass is 10.1. The van der Waals surface area contributed by atoms with Crippen molar-refractivity contribution in [3.05, 3.63) is 35.4 Å². The summed E-state index contributed by atoms with van der Waals surface area (Å²) in [5.74, 6) is 1.12. The summed E-state index contributed by atoms with van der Waals surface area (Å²) in [7, 11) is 8.76. The van der Waals surface area contributed by atoms with Crippen LogP contribution in [0.4, 0.5) is 0 Å². The Morgan fingerprint density at radius 3 is 1.36 bits per heavy atom. The summed E-state index contributed by atoms with van der Waals surface area (Å²) in [6, 6.07) is 5.78. The lowest BCUT2D eigenvalue weighted by Gasteiger charge is -2.19. The van der Waals surface area contributed by atoms with Gasteiger partial charge in [0, 0.05) is 23.7 Å². The second kappa shape index (κ2) is 14.8. The Hall–Kier alpha value is -4.04. The molecular weight excluding hydrogens is 548 g/mol. The molecule has 12 nitrogen and oxygen atoms in total. The van der Waals surface area contributed by atoms with E-state index in [9.17, 15) is 9.59 Å². The molecule has 2 aromatic carbocycles. The number of carbonyl (C=O) groups excluding carboxylic acids is 2. The molecule has 0 spiro atoms. The normalized spacial score (nSPS) is 10.8. The monoisotopic (exact) mass is 580 g/mol. The van der Waals surface area contributed by atoms with Crippen molar-refractivity contribution in [2.24, 2.45) is 0 Å². The minimum atomic E-state index is -0.472. The van der Waals surface area contributed by atoms with Crippen molar-refractivity contribution in [3.8, 4) is 34.5 Å². The van der Waals surface area contributed by atoms with E-state index in [4.69, 9.17) is 52.9 Å². The molecule has 0 aliphatic rings. The second-order valence-electron chi connectivity index (χ2n) is 7.82. The first-order valence-corrected chi connectivity index (χ1v) is 12.2. The fourth-order valence-electron chi connectivity index (χ4n) is 3.38. The lowest BCUT2D eigenvalue weighted by Crippen LogP contribution is -2.49. The topological polar surface area (TPSA) is 138 Å². The average Bonchev–Trinajstić information content (AvgIpc) is 2.93. The van der Waals surface area contributed by atoms with Gasteiger partial charge in [-0.25, -0.2) is 0 Å². The zero-order valence-corrected chi connectivity index (χ0v) is 24.3. The van der Waals surface area contributed by atoms with Crippen LogP contribution in [-0.4, -0.2) is 77.3 Å². The third-order valence-corrected chi connectivity index (χ3v) is 5.72. The quantitative estimate of drug-likeness (QED) is 0.290. The van der Waals surface area contributed by atoms with Crippen molar-refractivity contribution in [1.29, 1.82) is 0 Å². The molecule has 0 aliphatic carbocycles. The SMILES string of the molecule is COc1cc(C(=O)NC(=S)NCC(C)NC(=S)NC(=O)c2cc(OC)c(OC)c(OC)c2)cc(OC)c1OC. The van der Waals surface area contributed by atoms with Crippen LogP contribution in [0.15, 0.2) is 24.3 Å². The number of thiocarbonyl (C=S) groups is 2. The highest BCUT2D eigenvalue weighted by Crippen LogP contribution is 2.39. The van der Waals surface area contributed by atoms with Crippen molar-refractivity contribution >= 4 is 46.5 Å². The maximum Gasteiger partial charge on any atom is 0.257 e. The van der Waals surface area contributed by atoms with E-state index in [-0.39, 0.29) is 33.9 Å². The van der Waals surface area contributed by atoms with Crippen LogP contribution in [0.25, 0.3) is 0 Å². The van der Waals surface area contributed by atoms with Gasteiger partial charge in [0.25, 0.3) is 11.8 Å². The van der Waals surface area contributed by atoms with Gasteiger partial charge in [-0.1, -0.05) is 0 Å². The molecule has 0 aliphatic heterocycles. The molecule has 0 aromatic heterocycles. The highest BCUT2D eigenvalue weighted by Gasteiger charge is 2.19. The molecule has 1 unspecified atom stereocenters. The molecule has 0 radical (unpaired) electrons. The van der Waals surface area contributed by atoms with Crippen LogP contribution in [0.1, 0.15) is 27.6 Å². The summed E-state index contributed by atoms with van der Waals surface area (Å²) >= 11 is 10.5. The number of hydrogen-bond donors (Lipinski definition) is 4. The van der Waals surface area contributed by atoms with Crippen LogP contribution in [0, 0.1) is 0 Å². The molecular formula is C25H32N4O8S2. The van der Waals surface area contributed by atoms with Crippen LogP contribution >= 0.6 is 24.4 Å². The van der Waals surface area contributed by atoms with Crippen molar-refractivity contribution in [2.45, 2.75) is 13.0 Å². The third-order valence-electron chi connectivity index (χ3n) is 5.25. The molecule has 0 saturated carbocycles. The van der Waals surface area contributed by atoms with Gasteiger partial charge in [0.1, 0.15) is 0 Å². The molecule has 39 heavy (non-hydrogen) atoms. The summed E-state index contributed by atoms with van der Waals surface area (Å²) in [6.07, 6.45) is 0. The standard InChI is InChI=1S/C25H32N4O8S2/c1-13(27-25(39)29-23(31)15-10-18(34-4)21(37-7)19(11-15)35-5)12-26-24(38)28-22(30)14-8-16(32-2)20(36-6)17(9-14)33-3/h8-11,13H,12H2,1-7H3,(H2,26,28,30,38)(H2,27,29,31,39). The molecule has 2 amide bonds. The van der Waals surface area contributed by atoms with E-state index in [1.54, 1.807) is 0 Å². The number of methoxy groups -OCH3 is 6. The highest BCUT2D eigenvalue weighted by molar-refractivity contribution is 7.80. The number of rotatable bonds is 11. The largest absolute Gasteiger partial charge is 0.493 e. The Kier molecular flexibility index (Phi) is 11.8. The molecule has 14 heteroatoms. The molecule has 212 valence electrons. The molecule has 2 rings (SSSR count). The Bertz CT molecular complexity index is 1170. The van der Waals surface area contributed by atoms with Crippen LogP contribution in [0.2, 0.25) is 0 Å². The number of nitrogens with one attached hydrogen (secondary N) is 4. The van der Waals surface area contributed by atoms with E-state index in [0.717, 1.165) is 0 Å². The Balaban J connectivity index is 1.92. The van der Waals surface area contributed by atoms with Gasteiger partial charge in [0.2, 0.25) is 11.5 Å². The second-order valence-corrected chi connectivity index (χ2v) is 8.64. The zero-order chi connectivity index (χ0) is 29.1. The van der Waals surface area contributed by atoms with Crippen LogP contribution in [0.5, 0.6) is 34.5 Å².